The minimum absolute atomic E-state index is 0.0601. The lowest BCUT2D eigenvalue weighted by Gasteiger charge is -2.32. The smallest absolute Gasteiger partial charge is 0.309 e. The highest BCUT2D eigenvalue weighted by Crippen LogP contribution is 2.33. The Labute approximate surface area is 169 Å². The molecule has 0 aliphatic carbocycles. The van der Waals surface area contributed by atoms with E-state index in [-0.39, 0.29) is 11.9 Å². The molecule has 1 fully saturated rings. The molecule has 29 heavy (non-hydrogen) atoms. The average molecular weight is 392 g/mol. The molecule has 1 aliphatic heterocycles. The summed E-state index contributed by atoms with van der Waals surface area (Å²) >= 11 is 0. The minimum atomic E-state index is -0.116. The van der Waals surface area contributed by atoms with Gasteiger partial charge in [0, 0.05) is 30.4 Å². The van der Waals surface area contributed by atoms with E-state index in [1.165, 1.54) is 6.33 Å². The van der Waals surface area contributed by atoms with Gasteiger partial charge in [0.2, 0.25) is 0 Å². The first-order valence-corrected chi connectivity index (χ1v) is 9.80. The number of ether oxygens (including phenoxy) is 1. The molecule has 2 aromatic heterocycles. The second kappa shape index (κ2) is 8.30. The molecule has 0 bridgehead atoms. The minimum Gasteiger partial charge on any atom is -0.466 e. The number of benzene rings is 1. The zero-order valence-electron chi connectivity index (χ0n) is 16.3. The molecule has 0 atom stereocenters. The van der Waals surface area contributed by atoms with Crippen LogP contribution in [0.4, 0.5) is 23.0 Å². The summed E-state index contributed by atoms with van der Waals surface area (Å²) in [4.78, 5) is 27.2. The highest BCUT2D eigenvalue weighted by molar-refractivity contribution is 5.94. The largest absolute Gasteiger partial charge is 0.466 e. The number of nitrogen functional groups attached to an aromatic ring is 1. The number of aromatic nitrogens is 3. The van der Waals surface area contributed by atoms with Crippen molar-refractivity contribution in [1.29, 1.82) is 0 Å². The van der Waals surface area contributed by atoms with Crippen molar-refractivity contribution in [1.82, 2.24) is 15.0 Å². The Hall–Kier alpha value is -3.42. The third-order valence-corrected chi connectivity index (χ3v) is 5.18. The molecule has 1 saturated heterocycles. The molecule has 0 spiro atoms. The average Bonchev–Trinajstić information content (AvgIpc) is 2.76. The number of anilines is 4. The van der Waals surface area contributed by atoms with Gasteiger partial charge in [-0.3, -0.25) is 9.78 Å². The number of esters is 1. The normalized spacial score (nSPS) is 14.7. The molecular weight excluding hydrogens is 368 g/mol. The molecule has 0 saturated carbocycles. The summed E-state index contributed by atoms with van der Waals surface area (Å²) in [5.74, 6) is 1.06. The maximum absolute atomic E-state index is 12.0. The van der Waals surface area contributed by atoms with Crippen molar-refractivity contribution in [3.8, 4) is 0 Å². The van der Waals surface area contributed by atoms with Crippen LogP contribution in [-0.2, 0) is 9.53 Å². The fourth-order valence-corrected chi connectivity index (χ4v) is 3.66. The molecule has 1 aliphatic rings. The van der Waals surface area contributed by atoms with E-state index in [9.17, 15) is 4.79 Å². The summed E-state index contributed by atoms with van der Waals surface area (Å²) in [7, 11) is 0. The van der Waals surface area contributed by atoms with E-state index in [1.807, 2.05) is 37.3 Å². The number of nitrogens with two attached hydrogens (primary N) is 1. The van der Waals surface area contributed by atoms with Gasteiger partial charge < -0.3 is 20.7 Å². The molecule has 0 radical (unpaired) electrons. The molecule has 0 amide bonds. The lowest BCUT2D eigenvalue weighted by Crippen LogP contribution is -2.37. The first-order valence-electron chi connectivity index (χ1n) is 9.80. The highest BCUT2D eigenvalue weighted by atomic mass is 16.5. The van der Waals surface area contributed by atoms with E-state index in [0.29, 0.717) is 37.0 Å². The Kier molecular flexibility index (Phi) is 5.41. The van der Waals surface area contributed by atoms with E-state index in [4.69, 9.17) is 10.5 Å². The molecular formula is C21H24N6O2. The number of nitrogens with zero attached hydrogens (tertiary/aromatic N) is 4. The first kappa shape index (κ1) is 18.9. The molecule has 8 heteroatoms. The van der Waals surface area contributed by atoms with Crippen LogP contribution in [-0.4, -0.2) is 40.6 Å². The van der Waals surface area contributed by atoms with Crippen LogP contribution >= 0.6 is 0 Å². The fourth-order valence-electron chi connectivity index (χ4n) is 3.66. The van der Waals surface area contributed by atoms with Gasteiger partial charge in [-0.15, -0.1) is 0 Å². The summed E-state index contributed by atoms with van der Waals surface area (Å²) < 4.78 is 5.14. The Morgan fingerprint density at radius 1 is 1.21 bits per heavy atom. The van der Waals surface area contributed by atoms with Gasteiger partial charge in [0.25, 0.3) is 0 Å². The van der Waals surface area contributed by atoms with Crippen LogP contribution in [0.3, 0.4) is 0 Å². The van der Waals surface area contributed by atoms with Gasteiger partial charge in [-0.2, -0.15) is 0 Å². The summed E-state index contributed by atoms with van der Waals surface area (Å²) in [6.45, 7) is 3.64. The number of pyridine rings is 1. The summed E-state index contributed by atoms with van der Waals surface area (Å²) in [5, 5.41) is 4.31. The SMILES string of the molecule is CCOC(=O)C1CCN(c2ncnc(Nc3cccc4ncccc34)c2N)CC1. The maximum Gasteiger partial charge on any atom is 0.309 e. The fraction of sp³-hybridized carbons (Fsp3) is 0.333. The zero-order chi connectivity index (χ0) is 20.2. The van der Waals surface area contributed by atoms with Gasteiger partial charge in [-0.05, 0) is 44.0 Å². The quantitative estimate of drug-likeness (QED) is 0.638. The molecule has 3 N–H and O–H groups in total. The van der Waals surface area contributed by atoms with Crippen LogP contribution in [0, 0.1) is 5.92 Å². The number of carbonyl (C=O) groups is 1. The molecule has 3 heterocycles. The summed E-state index contributed by atoms with van der Waals surface area (Å²) in [6.07, 6.45) is 4.72. The number of fused-ring (bicyclic) bond motifs is 1. The van der Waals surface area contributed by atoms with Gasteiger partial charge in [-0.1, -0.05) is 6.07 Å². The second-order valence-corrected chi connectivity index (χ2v) is 6.97. The number of nitrogens with one attached hydrogen (secondary N) is 1. The van der Waals surface area contributed by atoms with Gasteiger partial charge in [0.1, 0.15) is 12.0 Å². The predicted molar refractivity (Wildman–Crippen MR) is 113 cm³/mol. The molecule has 150 valence electrons. The second-order valence-electron chi connectivity index (χ2n) is 6.97. The van der Waals surface area contributed by atoms with Crippen LogP contribution in [0.2, 0.25) is 0 Å². The Balaban J connectivity index is 1.53. The van der Waals surface area contributed by atoms with Crippen molar-refractivity contribution in [2.45, 2.75) is 19.8 Å². The van der Waals surface area contributed by atoms with E-state index in [1.54, 1.807) is 6.20 Å². The Bertz CT molecular complexity index is 1010. The van der Waals surface area contributed by atoms with Crippen molar-refractivity contribution in [3.63, 3.8) is 0 Å². The van der Waals surface area contributed by atoms with E-state index >= 15 is 0 Å². The lowest BCUT2D eigenvalue weighted by atomic mass is 9.97. The number of piperidine rings is 1. The molecule has 8 nitrogen and oxygen atoms in total. The summed E-state index contributed by atoms with van der Waals surface area (Å²) in [6, 6.07) is 9.77. The molecule has 1 aromatic carbocycles. The van der Waals surface area contributed by atoms with Crippen LogP contribution in [0.15, 0.2) is 42.9 Å². The number of rotatable bonds is 5. The number of hydrogen-bond donors (Lipinski definition) is 2. The Morgan fingerprint density at radius 3 is 2.83 bits per heavy atom. The van der Waals surface area contributed by atoms with E-state index in [2.05, 4.69) is 25.2 Å². The van der Waals surface area contributed by atoms with E-state index < -0.39 is 0 Å². The first-order chi connectivity index (χ1) is 14.2. The number of carbonyl (C=O) groups excluding carboxylic acids is 1. The third-order valence-electron chi connectivity index (χ3n) is 5.18. The van der Waals surface area contributed by atoms with Crippen LogP contribution in [0.25, 0.3) is 10.9 Å². The molecule has 0 unspecified atom stereocenters. The van der Waals surface area contributed by atoms with Crippen molar-refractivity contribution >= 4 is 39.9 Å². The third kappa shape index (κ3) is 3.91. The zero-order valence-corrected chi connectivity index (χ0v) is 16.3. The topological polar surface area (TPSA) is 106 Å². The monoisotopic (exact) mass is 392 g/mol. The summed E-state index contributed by atoms with van der Waals surface area (Å²) in [5.41, 5.74) is 8.68. The van der Waals surface area contributed by atoms with Crippen molar-refractivity contribution in [2.75, 3.05) is 35.6 Å². The van der Waals surface area contributed by atoms with Gasteiger partial charge in [0.15, 0.2) is 11.6 Å². The predicted octanol–water partition coefficient (Wildman–Crippen LogP) is 3.13. The van der Waals surface area contributed by atoms with Crippen molar-refractivity contribution < 1.29 is 9.53 Å². The van der Waals surface area contributed by atoms with Gasteiger partial charge >= 0.3 is 5.97 Å². The van der Waals surface area contributed by atoms with Gasteiger partial charge in [-0.25, -0.2) is 9.97 Å². The van der Waals surface area contributed by atoms with Crippen LogP contribution in [0.1, 0.15) is 19.8 Å². The standard InChI is InChI=1S/C21H24N6O2/c1-2-29-21(28)14-8-11-27(12-9-14)20-18(22)19(24-13-25-20)26-17-7-3-6-16-15(17)5-4-10-23-16/h3-7,10,13-14H,2,8-9,11-12,22H2,1H3,(H,24,25,26). The maximum atomic E-state index is 12.0. The Morgan fingerprint density at radius 2 is 2.03 bits per heavy atom. The lowest BCUT2D eigenvalue weighted by molar-refractivity contribution is -0.148. The number of hydrogen-bond acceptors (Lipinski definition) is 8. The molecule has 4 rings (SSSR count). The van der Waals surface area contributed by atoms with Crippen LogP contribution in [0.5, 0.6) is 0 Å². The molecule has 3 aromatic rings. The van der Waals surface area contributed by atoms with Gasteiger partial charge in [0.05, 0.1) is 18.0 Å². The van der Waals surface area contributed by atoms with Crippen molar-refractivity contribution in [2.24, 2.45) is 5.92 Å². The van der Waals surface area contributed by atoms with E-state index in [0.717, 1.165) is 29.4 Å². The van der Waals surface area contributed by atoms with Crippen molar-refractivity contribution in [3.05, 3.63) is 42.9 Å². The van der Waals surface area contributed by atoms with Crippen LogP contribution < -0.4 is 16.0 Å². The highest BCUT2D eigenvalue weighted by Gasteiger charge is 2.28.